The molecule has 2 aromatic rings. The first kappa shape index (κ1) is 23.6. The third-order valence-electron chi connectivity index (χ3n) is 12.2. The van der Waals surface area contributed by atoms with Crippen molar-refractivity contribution < 1.29 is 4.79 Å². The van der Waals surface area contributed by atoms with Crippen molar-refractivity contribution in [2.24, 2.45) is 46.3 Å². The number of carbonyl (C=O) groups is 1. The van der Waals surface area contributed by atoms with Crippen LogP contribution in [0.1, 0.15) is 100 Å². The SMILES string of the molecule is O=C(NC(c1ccccc1)C12CC3CC(CC(C3)C1)C2)NC(c1ccccc1)C12CC3CC(CC(C3)C1)C2. The van der Waals surface area contributed by atoms with Crippen LogP contribution >= 0.6 is 0 Å². The molecule has 0 spiro atoms. The van der Waals surface area contributed by atoms with Gasteiger partial charge in [0.2, 0.25) is 0 Å². The van der Waals surface area contributed by atoms with Crippen LogP contribution in [0.4, 0.5) is 4.79 Å². The van der Waals surface area contributed by atoms with Crippen LogP contribution in [-0.4, -0.2) is 6.03 Å². The molecule has 8 aliphatic rings. The van der Waals surface area contributed by atoms with Crippen LogP contribution in [0.25, 0.3) is 0 Å². The molecule has 0 aromatic heterocycles. The van der Waals surface area contributed by atoms with E-state index in [-0.39, 0.29) is 28.9 Å². The number of urea groups is 1. The minimum Gasteiger partial charge on any atom is -0.331 e. The largest absolute Gasteiger partial charge is 0.331 e. The first-order valence-corrected chi connectivity index (χ1v) is 15.7. The topological polar surface area (TPSA) is 41.1 Å². The number of carbonyl (C=O) groups excluding carboxylic acids is 1. The highest BCUT2D eigenvalue weighted by Gasteiger charge is 2.57. The van der Waals surface area contributed by atoms with Crippen molar-refractivity contribution in [2.75, 3.05) is 0 Å². The van der Waals surface area contributed by atoms with Crippen molar-refractivity contribution in [3.05, 3.63) is 71.8 Å². The molecule has 2 atom stereocenters. The molecular formula is C35H44N2O. The Hall–Kier alpha value is -2.29. The molecule has 2 amide bonds. The van der Waals surface area contributed by atoms with Crippen molar-refractivity contribution in [3.8, 4) is 0 Å². The summed E-state index contributed by atoms with van der Waals surface area (Å²) in [5, 5.41) is 7.35. The van der Waals surface area contributed by atoms with E-state index in [2.05, 4.69) is 71.3 Å². The summed E-state index contributed by atoms with van der Waals surface area (Å²) in [6.45, 7) is 0. The van der Waals surface area contributed by atoms with Crippen LogP contribution in [0.2, 0.25) is 0 Å². The van der Waals surface area contributed by atoms with Crippen LogP contribution < -0.4 is 10.6 Å². The Morgan fingerprint density at radius 3 is 1.11 bits per heavy atom. The number of benzene rings is 2. The smallest absolute Gasteiger partial charge is 0.315 e. The first-order chi connectivity index (χ1) is 18.6. The second-order valence-electron chi connectivity index (χ2n) is 14.9. The molecule has 3 nitrogen and oxygen atoms in total. The maximum atomic E-state index is 14.2. The molecule has 8 bridgehead atoms. The molecule has 8 aliphatic carbocycles. The Morgan fingerprint density at radius 1 is 0.526 bits per heavy atom. The third kappa shape index (κ3) is 3.94. The average Bonchev–Trinajstić information content (AvgIpc) is 2.90. The summed E-state index contributed by atoms with van der Waals surface area (Å²) in [5.41, 5.74) is 3.04. The Bertz CT molecular complexity index is 1010. The molecule has 0 heterocycles. The van der Waals surface area contributed by atoms with Crippen LogP contribution in [0.3, 0.4) is 0 Å². The maximum absolute atomic E-state index is 14.2. The van der Waals surface area contributed by atoms with Crippen LogP contribution in [0.15, 0.2) is 60.7 Å². The normalized spacial score (nSPS) is 41.6. The van der Waals surface area contributed by atoms with Gasteiger partial charge >= 0.3 is 6.03 Å². The van der Waals surface area contributed by atoms with E-state index >= 15 is 0 Å². The van der Waals surface area contributed by atoms with Crippen molar-refractivity contribution in [1.29, 1.82) is 0 Å². The average molecular weight is 509 g/mol. The molecule has 10 rings (SSSR count). The van der Waals surface area contributed by atoms with Gasteiger partial charge in [0, 0.05) is 0 Å². The molecule has 38 heavy (non-hydrogen) atoms. The zero-order valence-electron chi connectivity index (χ0n) is 22.8. The van der Waals surface area contributed by atoms with Gasteiger partial charge in [0.1, 0.15) is 0 Å². The quantitative estimate of drug-likeness (QED) is 0.406. The minimum atomic E-state index is 0.0548. The van der Waals surface area contributed by atoms with Crippen LogP contribution in [0.5, 0.6) is 0 Å². The third-order valence-corrected chi connectivity index (χ3v) is 12.2. The van der Waals surface area contributed by atoms with Gasteiger partial charge in [0.15, 0.2) is 0 Å². The lowest BCUT2D eigenvalue weighted by atomic mass is 9.47. The molecule has 0 aliphatic heterocycles. The zero-order valence-corrected chi connectivity index (χ0v) is 22.8. The van der Waals surface area contributed by atoms with Crippen molar-refractivity contribution in [3.63, 3.8) is 0 Å². The number of hydrogen-bond donors (Lipinski definition) is 2. The van der Waals surface area contributed by atoms with E-state index in [1.807, 2.05) is 0 Å². The summed E-state index contributed by atoms with van der Waals surface area (Å²) in [5.74, 6) is 5.17. The van der Waals surface area contributed by atoms with Crippen molar-refractivity contribution in [2.45, 2.75) is 89.1 Å². The lowest BCUT2D eigenvalue weighted by molar-refractivity contribution is -0.0763. The Kier molecular flexibility index (Phi) is 5.50. The molecule has 8 fully saturated rings. The highest BCUT2D eigenvalue weighted by atomic mass is 16.2. The number of amides is 2. The van der Waals surface area contributed by atoms with Gasteiger partial charge in [-0.25, -0.2) is 4.79 Å². The second-order valence-corrected chi connectivity index (χ2v) is 14.9. The van der Waals surface area contributed by atoms with Gasteiger partial charge in [0.25, 0.3) is 0 Å². The van der Waals surface area contributed by atoms with Gasteiger partial charge < -0.3 is 10.6 Å². The molecule has 8 saturated carbocycles. The van der Waals surface area contributed by atoms with Gasteiger partial charge in [-0.05, 0) is 135 Å². The maximum Gasteiger partial charge on any atom is 0.315 e. The van der Waals surface area contributed by atoms with E-state index in [4.69, 9.17) is 0 Å². The summed E-state index contributed by atoms with van der Waals surface area (Å²) in [4.78, 5) is 14.2. The van der Waals surface area contributed by atoms with E-state index in [0.29, 0.717) is 0 Å². The van der Waals surface area contributed by atoms with Gasteiger partial charge in [-0.2, -0.15) is 0 Å². The predicted octanol–water partition coefficient (Wildman–Crippen LogP) is 8.20. The molecular weight excluding hydrogens is 464 g/mol. The van der Waals surface area contributed by atoms with E-state index in [1.165, 1.54) is 88.2 Å². The van der Waals surface area contributed by atoms with Gasteiger partial charge in [-0.3, -0.25) is 0 Å². The van der Waals surface area contributed by atoms with Crippen LogP contribution in [0, 0.1) is 46.3 Å². The Balaban J connectivity index is 1.11. The van der Waals surface area contributed by atoms with E-state index in [0.717, 1.165) is 35.5 Å². The highest BCUT2D eigenvalue weighted by molar-refractivity contribution is 5.75. The Labute approximate surface area is 228 Å². The molecule has 2 aromatic carbocycles. The number of hydrogen-bond acceptors (Lipinski definition) is 1. The lowest BCUT2D eigenvalue weighted by Crippen LogP contribution is -2.56. The van der Waals surface area contributed by atoms with Crippen molar-refractivity contribution in [1.82, 2.24) is 10.6 Å². The lowest BCUT2D eigenvalue weighted by Gasteiger charge is -2.60. The van der Waals surface area contributed by atoms with Crippen molar-refractivity contribution >= 4 is 6.03 Å². The van der Waals surface area contributed by atoms with E-state index < -0.39 is 0 Å². The second kappa shape index (κ2) is 8.86. The molecule has 0 radical (unpaired) electrons. The van der Waals surface area contributed by atoms with E-state index in [9.17, 15) is 4.79 Å². The fourth-order valence-electron chi connectivity index (χ4n) is 11.8. The number of rotatable bonds is 6. The zero-order chi connectivity index (χ0) is 25.3. The summed E-state index contributed by atoms with van der Waals surface area (Å²) in [7, 11) is 0. The molecule has 200 valence electrons. The summed E-state index contributed by atoms with van der Waals surface area (Å²) in [6.07, 6.45) is 16.3. The standard InChI is InChI=1S/C35H44N2O/c38-33(36-31(29-7-3-1-4-8-29)34-17-23-11-24(18-34)13-25(12-23)19-34)37-32(30-9-5-2-6-10-30)35-20-26-14-27(21-35)16-28(15-26)22-35/h1-10,23-28,31-32H,11-22H2,(H2,36,37,38). The predicted molar refractivity (Wildman–Crippen MR) is 151 cm³/mol. The minimum absolute atomic E-state index is 0.0548. The summed E-state index contributed by atoms with van der Waals surface area (Å²) in [6, 6.07) is 22.2. The summed E-state index contributed by atoms with van der Waals surface area (Å²) < 4.78 is 0. The Morgan fingerprint density at radius 2 is 0.816 bits per heavy atom. The van der Waals surface area contributed by atoms with Gasteiger partial charge in [-0.1, -0.05) is 60.7 Å². The molecule has 2 unspecified atom stereocenters. The van der Waals surface area contributed by atoms with E-state index in [1.54, 1.807) is 0 Å². The number of nitrogens with one attached hydrogen (secondary N) is 2. The highest BCUT2D eigenvalue weighted by Crippen LogP contribution is 2.65. The molecule has 2 N–H and O–H groups in total. The van der Waals surface area contributed by atoms with Gasteiger partial charge in [0.05, 0.1) is 12.1 Å². The van der Waals surface area contributed by atoms with Gasteiger partial charge in [-0.15, -0.1) is 0 Å². The molecule has 0 saturated heterocycles. The monoisotopic (exact) mass is 508 g/mol. The fourth-order valence-corrected chi connectivity index (χ4v) is 11.8. The summed E-state index contributed by atoms with van der Waals surface area (Å²) >= 11 is 0. The molecule has 3 heteroatoms. The van der Waals surface area contributed by atoms with Crippen LogP contribution in [-0.2, 0) is 0 Å². The fraction of sp³-hybridized carbons (Fsp3) is 0.629. The first-order valence-electron chi connectivity index (χ1n) is 15.7.